The molecule has 4 aromatic carbocycles. The monoisotopic (exact) mass is 976 g/mol. The minimum atomic E-state index is -3.62. The number of hydrogen-bond donors (Lipinski definition) is 3. The highest BCUT2D eigenvalue weighted by molar-refractivity contribution is 7.91. The van der Waals surface area contributed by atoms with Crippen LogP contribution in [-0.2, 0) is 32.8 Å². The molecule has 0 bridgehead atoms. The number of nitrogens with zero attached hydrogens (tertiary/aromatic N) is 5. The fourth-order valence-electron chi connectivity index (χ4n) is 7.14. The third kappa shape index (κ3) is 11.7. The number of fused-ring (bicyclic) bond motifs is 2. The SMILES string of the molecule is Cc1cc(C)c(S(=O)(=O)c2ccc(CNC(=O)c3cnc4nccn4c3)cc2)cc1C.Cc1ccc(S(=O)(=O)c2ccc(CNC(=O)c3cc4ccncc4o3)cc2)c(C)c1.NC(=O)c1ccccn1. The highest BCUT2D eigenvalue weighted by atomic mass is 32.2. The first kappa shape index (κ1) is 49.6. The zero-order valence-corrected chi connectivity index (χ0v) is 40.4. The number of sulfone groups is 2. The van der Waals surface area contributed by atoms with E-state index in [9.17, 15) is 31.2 Å². The van der Waals surface area contributed by atoms with Gasteiger partial charge in [0.1, 0.15) is 5.69 Å². The van der Waals surface area contributed by atoms with Crippen molar-refractivity contribution < 1.29 is 35.6 Å². The minimum Gasteiger partial charge on any atom is -0.449 e. The molecule has 0 spiro atoms. The molecule has 70 heavy (non-hydrogen) atoms. The predicted molar refractivity (Wildman–Crippen MR) is 262 cm³/mol. The maximum Gasteiger partial charge on any atom is 0.287 e. The predicted octanol–water partition coefficient (Wildman–Crippen LogP) is 7.81. The van der Waals surface area contributed by atoms with Crippen LogP contribution >= 0.6 is 0 Å². The number of nitrogens with two attached hydrogens (primary N) is 1. The molecule has 9 aromatic rings. The number of benzene rings is 4. The van der Waals surface area contributed by atoms with Crippen LogP contribution in [0.2, 0.25) is 0 Å². The number of carbonyl (C=O) groups excluding carboxylic acids is 3. The molecule has 0 atom stereocenters. The van der Waals surface area contributed by atoms with Gasteiger partial charge in [0.25, 0.3) is 17.7 Å². The van der Waals surface area contributed by atoms with Crippen LogP contribution in [0.4, 0.5) is 0 Å². The summed E-state index contributed by atoms with van der Waals surface area (Å²) >= 11 is 0. The smallest absolute Gasteiger partial charge is 0.287 e. The first-order chi connectivity index (χ1) is 33.4. The van der Waals surface area contributed by atoms with Crippen LogP contribution in [0.1, 0.15) is 70.3 Å². The summed E-state index contributed by atoms with van der Waals surface area (Å²) < 4.78 is 59.2. The number of furan rings is 1. The maximum atomic E-state index is 13.1. The van der Waals surface area contributed by atoms with Crippen LogP contribution < -0.4 is 16.4 Å². The number of imidazole rings is 1. The second kappa shape index (κ2) is 21.3. The van der Waals surface area contributed by atoms with Gasteiger partial charge in [-0.1, -0.05) is 54.1 Å². The van der Waals surface area contributed by atoms with E-state index < -0.39 is 25.6 Å². The van der Waals surface area contributed by atoms with E-state index in [2.05, 4.69) is 30.6 Å². The van der Waals surface area contributed by atoms with Gasteiger partial charge in [-0.25, -0.2) is 26.8 Å². The van der Waals surface area contributed by atoms with Crippen LogP contribution in [0.25, 0.3) is 16.7 Å². The molecule has 16 nitrogen and oxygen atoms in total. The van der Waals surface area contributed by atoms with E-state index in [-0.39, 0.29) is 40.5 Å². The number of hydrogen-bond acceptors (Lipinski definition) is 12. The molecular formula is C52H48N8O8S2. The molecule has 0 saturated carbocycles. The molecule has 3 amide bonds. The molecule has 5 heterocycles. The Morgan fingerprint density at radius 1 is 0.614 bits per heavy atom. The molecule has 18 heteroatoms. The average molecular weight is 977 g/mol. The summed E-state index contributed by atoms with van der Waals surface area (Å²) in [7, 11) is -7.22. The zero-order chi connectivity index (χ0) is 50.2. The second-order valence-corrected chi connectivity index (χ2v) is 20.0. The Kier molecular flexibility index (Phi) is 15.1. The minimum absolute atomic E-state index is 0.201. The van der Waals surface area contributed by atoms with Gasteiger partial charge in [-0.15, -0.1) is 0 Å². The Balaban J connectivity index is 0.000000175. The third-order valence-corrected chi connectivity index (χ3v) is 14.9. The molecule has 356 valence electrons. The lowest BCUT2D eigenvalue weighted by molar-refractivity contribution is 0.0922. The molecule has 0 unspecified atom stereocenters. The normalized spacial score (nSPS) is 11.2. The lowest BCUT2D eigenvalue weighted by Gasteiger charge is -2.12. The van der Waals surface area contributed by atoms with Crippen molar-refractivity contribution in [2.45, 2.75) is 67.3 Å². The number of aryl methyl sites for hydroxylation is 5. The van der Waals surface area contributed by atoms with Crippen molar-refractivity contribution in [3.05, 3.63) is 209 Å². The third-order valence-electron chi connectivity index (χ3n) is 11.0. The van der Waals surface area contributed by atoms with Crippen LogP contribution in [0.3, 0.4) is 0 Å². The molecule has 0 radical (unpaired) electrons. The second-order valence-electron chi connectivity index (χ2n) is 16.2. The molecule has 0 fully saturated rings. The molecular weight excluding hydrogens is 929 g/mol. The van der Waals surface area contributed by atoms with Crippen LogP contribution in [0, 0.1) is 34.6 Å². The van der Waals surface area contributed by atoms with Crippen molar-refractivity contribution in [1.29, 1.82) is 0 Å². The summed E-state index contributed by atoms with van der Waals surface area (Å²) in [6, 6.07) is 30.4. The lowest BCUT2D eigenvalue weighted by atomic mass is 10.1. The molecule has 0 saturated heterocycles. The standard InChI is InChI=1S/C23H22N4O3S.C23H20N2O4S.C6H6N2O/c1-15-10-17(3)21(11-16(15)2)31(29,30)20-6-4-18(5-7-20)12-25-22(28)19-13-26-23-24-8-9-27(23)14-19;1-15-3-8-22(16(2)11-15)30(27,28)19-6-4-17(5-7-19)13-25-23(26)20-12-18-9-10-24-14-21(18)29-20;7-6(9)5-3-1-2-4-8-5/h4-11,13-14H,12H2,1-3H3,(H,25,28);3-12,14H,13H2,1-2H3,(H,25,26);1-4H,(H2,7,9). The van der Waals surface area contributed by atoms with Crippen molar-refractivity contribution in [1.82, 2.24) is 35.0 Å². The summed E-state index contributed by atoms with van der Waals surface area (Å²) in [6.07, 6.45) is 11.2. The number of aromatic nitrogens is 5. The van der Waals surface area contributed by atoms with Gasteiger partial charge >= 0.3 is 0 Å². The highest BCUT2D eigenvalue weighted by Crippen LogP contribution is 2.28. The Morgan fingerprint density at radius 2 is 1.24 bits per heavy atom. The Hall–Kier alpha value is -8.35. The summed E-state index contributed by atoms with van der Waals surface area (Å²) in [4.78, 5) is 52.0. The van der Waals surface area contributed by atoms with E-state index in [1.54, 1.807) is 146 Å². The molecule has 0 aliphatic carbocycles. The van der Waals surface area contributed by atoms with E-state index in [0.29, 0.717) is 38.0 Å². The topological polar surface area (TPSA) is 239 Å². The quantitative estimate of drug-likeness (QED) is 0.113. The van der Waals surface area contributed by atoms with Crippen molar-refractivity contribution in [2.24, 2.45) is 5.73 Å². The van der Waals surface area contributed by atoms with E-state index in [1.165, 1.54) is 12.4 Å². The average Bonchev–Trinajstić information content (AvgIpc) is 4.02. The van der Waals surface area contributed by atoms with Crippen molar-refractivity contribution >= 4 is 54.1 Å². The van der Waals surface area contributed by atoms with E-state index in [0.717, 1.165) is 38.8 Å². The van der Waals surface area contributed by atoms with Crippen molar-refractivity contribution in [3.8, 4) is 0 Å². The van der Waals surface area contributed by atoms with E-state index in [4.69, 9.17) is 10.2 Å². The lowest BCUT2D eigenvalue weighted by Crippen LogP contribution is -2.23. The molecule has 4 N–H and O–H groups in total. The number of amides is 3. The van der Waals surface area contributed by atoms with E-state index in [1.807, 2.05) is 32.9 Å². The first-order valence-corrected chi connectivity index (χ1v) is 24.6. The fraction of sp³-hybridized carbons (Fsp3) is 0.135. The van der Waals surface area contributed by atoms with Gasteiger partial charge in [-0.05, 0) is 129 Å². The molecule has 0 aliphatic heterocycles. The maximum absolute atomic E-state index is 13.1. The Morgan fingerprint density at radius 3 is 1.84 bits per heavy atom. The van der Waals surface area contributed by atoms with Crippen molar-refractivity contribution in [2.75, 3.05) is 0 Å². The van der Waals surface area contributed by atoms with Gasteiger partial charge in [0.2, 0.25) is 25.5 Å². The number of pyridine rings is 2. The number of nitrogens with one attached hydrogen (secondary N) is 2. The zero-order valence-electron chi connectivity index (χ0n) is 38.7. The Bertz CT molecular complexity index is 3560. The summed E-state index contributed by atoms with van der Waals surface area (Å²) in [5.74, 6) is -0.390. The van der Waals surface area contributed by atoms with Gasteiger partial charge in [-0.2, -0.15) is 0 Å². The molecule has 9 rings (SSSR count). The number of rotatable bonds is 11. The summed E-state index contributed by atoms with van der Waals surface area (Å²) in [6.45, 7) is 9.90. The highest BCUT2D eigenvalue weighted by Gasteiger charge is 2.22. The van der Waals surface area contributed by atoms with Crippen LogP contribution in [0.15, 0.2) is 177 Å². The van der Waals surface area contributed by atoms with Crippen molar-refractivity contribution in [3.63, 3.8) is 0 Å². The van der Waals surface area contributed by atoms with Crippen LogP contribution in [0.5, 0.6) is 0 Å². The number of primary amides is 1. The van der Waals surface area contributed by atoms with Crippen LogP contribution in [-0.4, -0.2) is 58.9 Å². The van der Waals surface area contributed by atoms with Gasteiger partial charge in [-0.3, -0.25) is 28.8 Å². The summed E-state index contributed by atoms with van der Waals surface area (Å²) in [5, 5.41) is 6.40. The van der Waals surface area contributed by atoms with E-state index >= 15 is 0 Å². The molecule has 0 aliphatic rings. The van der Waals surface area contributed by atoms with Gasteiger partial charge in [0.15, 0.2) is 11.3 Å². The summed E-state index contributed by atoms with van der Waals surface area (Å²) in [5.41, 5.74) is 12.2. The Labute approximate surface area is 404 Å². The van der Waals surface area contributed by atoms with Gasteiger partial charge in [0, 0.05) is 55.7 Å². The van der Waals surface area contributed by atoms with Gasteiger partial charge in [0.05, 0.1) is 31.3 Å². The molecule has 5 aromatic heterocycles. The fourth-order valence-corrected chi connectivity index (χ4v) is 10.2. The number of carbonyl (C=O) groups is 3. The first-order valence-electron chi connectivity index (χ1n) is 21.6. The van der Waals surface area contributed by atoms with Gasteiger partial charge < -0.3 is 20.8 Å². The largest absolute Gasteiger partial charge is 0.449 e.